The van der Waals surface area contributed by atoms with Crippen LogP contribution in [0.1, 0.15) is 17.2 Å². The van der Waals surface area contributed by atoms with Crippen molar-refractivity contribution < 1.29 is 19.0 Å². The Labute approximate surface area is 169 Å². The predicted octanol–water partition coefficient (Wildman–Crippen LogP) is 2.60. The number of nitrogens with two attached hydrogens (primary N) is 1. The Morgan fingerprint density at radius 1 is 1.19 bits per heavy atom. The first-order valence-corrected chi connectivity index (χ1v) is 7.72. The van der Waals surface area contributed by atoms with E-state index in [-0.39, 0.29) is 42.0 Å². The molecule has 0 aromatic heterocycles. The van der Waals surface area contributed by atoms with Crippen LogP contribution in [0.4, 0.5) is 4.39 Å². The number of aliphatic hydroxyl groups excluding tert-OH is 1. The Balaban J connectivity index is 0.00000338. The first-order valence-electron chi connectivity index (χ1n) is 7.72. The first-order chi connectivity index (χ1) is 12.0. The molecule has 1 unspecified atom stereocenters. The lowest BCUT2D eigenvalue weighted by atomic mass is 10.1. The van der Waals surface area contributed by atoms with Gasteiger partial charge in [0.15, 0.2) is 17.5 Å². The molecular formula is C18H23FIN3O3. The zero-order chi connectivity index (χ0) is 18.2. The maximum absolute atomic E-state index is 13.6. The van der Waals surface area contributed by atoms with Gasteiger partial charge in [0.2, 0.25) is 0 Å². The second-order valence-electron chi connectivity index (χ2n) is 5.31. The van der Waals surface area contributed by atoms with Crippen molar-refractivity contribution in [3.8, 4) is 11.5 Å². The summed E-state index contributed by atoms with van der Waals surface area (Å²) in [5.41, 5.74) is 6.89. The fourth-order valence-electron chi connectivity index (χ4n) is 2.27. The lowest BCUT2D eigenvalue weighted by Crippen LogP contribution is -2.35. The Hall–Kier alpha value is -2.07. The van der Waals surface area contributed by atoms with Gasteiger partial charge in [0.1, 0.15) is 5.82 Å². The maximum Gasteiger partial charge on any atom is 0.189 e. The van der Waals surface area contributed by atoms with Gasteiger partial charge in [-0.2, -0.15) is 0 Å². The molecule has 0 saturated heterocycles. The number of hydrogen-bond donors (Lipinski definition) is 3. The number of aliphatic hydroxyl groups is 1. The molecule has 0 aliphatic heterocycles. The monoisotopic (exact) mass is 475 g/mol. The molecule has 0 saturated carbocycles. The highest BCUT2D eigenvalue weighted by molar-refractivity contribution is 14.0. The highest BCUT2D eigenvalue weighted by Crippen LogP contribution is 2.27. The molecule has 0 aliphatic rings. The Bertz CT molecular complexity index is 743. The van der Waals surface area contributed by atoms with Gasteiger partial charge in [-0.3, -0.25) is 0 Å². The van der Waals surface area contributed by atoms with Crippen molar-refractivity contribution in [2.45, 2.75) is 12.6 Å². The van der Waals surface area contributed by atoms with Crippen LogP contribution in [0.2, 0.25) is 0 Å². The van der Waals surface area contributed by atoms with Crippen LogP contribution in [0.5, 0.6) is 11.5 Å². The molecule has 0 bridgehead atoms. The van der Waals surface area contributed by atoms with Gasteiger partial charge in [-0.25, -0.2) is 9.38 Å². The van der Waals surface area contributed by atoms with E-state index in [1.807, 2.05) is 12.1 Å². The minimum Gasteiger partial charge on any atom is -0.493 e. The van der Waals surface area contributed by atoms with Crippen LogP contribution >= 0.6 is 24.0 Å². The Morgan fingerprint density at radius 2 is 1.88 bits per heavy atom. The minimum absolute atomic E-state index is 0. The van der Waals surface area contributed by atoms with Gasteiger partial charge in [0, 0.05) is 12.1 Å². The molecule has 0 amide bonds. The highest BCUT2D eigenvalue weighted by Gasteiger charge is 2.12. The van der Waals surface area contributed by atoms with Crippen molar-refractivity contribution in [2.75, 3.05) is 20.8 Å². The zero-order valence-electron chi connectivity index (χ0n) is 14.6. The summed E-state index contributed by atoms with van der Waals surface area (Å²) < 4.78 is 24.0. The van der Waals surface area contributed by atoms with E-state index in [4.69, 9.17) is 15.2 Å². The molecule has 2 aromatic carbocycles. The summed E-state index contributed by atoms with van der Waals surface area (Å²) >= 11 is 0. The number of methoxy groups -OCH3 is 2. The quantitative estimate of drug-likeness (QED) is 0.326. The number of aliphatic imine (C=N–C) groups is 1. The fraction of sp³-hybridized carbons (Fsp3) is 0.278. The third-order valence-electron chi connectivity index (χ3n) is 3.62. The summed E-state index contributed by atoms with van der Waals surface area (Å²) in [5.74, 6) is 0.939. The summed E-state index contributed by atoms with van der Waals surface area (Å²) in [7, 11) is 3.13. The molecule has 6 nitrogen and oxygen atoms in total. The summed E-state index contributed by atoms with van der Waals surface area (Å²) in [6, 6.07) is 11.5. The Morgan fingerprint density at radius 3 is 2.54 bits per heavy atom. The van der Waals surface area contributed by atoms with Crippen molar-refractivity contribution in [3.63, 3.8) is 0 Å². The van der Waals surface area contributed by atoms with E-state index in [0.717, 1.165) is 5.56 Å². The van der Waals surface area contributed by atoms with E-state index in [2.05, 4.69) is 10.3 Å². The van der Waals surface area contributed by atoms with E-state index < -0.39 is 11.9 Å². The van der Waals surface area contributed by atoms with Crippen molar-refractivity contribution in [1.82, 2.24) is 5.32 Å². The molecule has 0 spiro atoms. The summed E-state index contributed by atoms with van der Waals surface area (Å²) in [4.78, 5) is 4.20. The first kappa shape index (κ1) is 22.0. The highest BCUT2D eigenvalue weighted by atomic mass is 127. The molecule has 26 heavy (non-hydrogen) atoms. The molecule has 0 heterocycles. The van der Waals surface area contributed by atoms with Gasteiger partial charge in [-0.15, -0.1) is 24.0 Å². The SMILES string of the molecule is COc1ccc(CN=C(N)NCC(O)c2ccccc2F)cc1OC.I. The van der Waals surface area contributed by atoms with Crippen LogP contribution in [-0.4, -0.2) is 31.8 Å². The topological polar surface area (TPSA) is 89.1 Å². The summed E-state index contributed by atoms with van der Waals surface area (Å²) in [6.45, 7) is 0.386. The lowest BCUT2D eigenvalue weighted by Gasteiger charge is -2.13. The lowest BCUT2D eigenvalue weighted by molar-refractivity contribution is 0.176. The zero-order valence-corrected chi connectivity index (χ0v) is 16.9. The van der Waals surface area contributed by atoms with Gasteiger partial charge in [0.25, 0.3) is 0 Å². The normalized spacial score (nSPS) is 12.1. The van der Waals surface area contributed by atoms with Gasteiger partial charge in [-0.05, 0) is 23.8 Å². The van der Waals surface area contributed by atoms with Crippen molar-refractivity contribution >= 4 is 29.9 Å². The van der Waals surface area contributed by atoms with Crippen LogP contribution in [0.15, 0.2) is 47.5 Å². The van der Waals surface area contributed by atoms with Gasteiger partial charge in [-0.1, -0.05) is 24.3 Å². The van der Waals surface area contributed by atoms with Crippen LogP contribution in [0, 0.1) is 5.82 Å². The molecular weight excluding hydrogens is 452 g/mol. The number of rotatable bonds is 7. The number of nitrogens with zero attached hydrogens (tertiary/aromatic N) is 1. The summed E-state index contributed by atoms with van der Waals surface area (Å²) in [6.07, 6.45) is -1.02. The molecule has 4 N–H and O–H groups in total. The number of benzene rings is 2. The minimum atomic E-state index is -1.02. The second-order valence-corrected chi connectivity index (χ2v) is 5.31. The fourth-order valence-corrected chi connectivity index (χ4v) is 2.27. The van der Waals surface area contributed by atoms with Crippen LogP contribution in [0.25, 0.3) is 0 Å². The molecule has 2 rings (SSSR count). The van der Waals surface area contributed by atoms with E-state index in [0.29, 0.717) is 18.0 Å². The standard InChI is InChI=1S/C18H22FN3O3.HI/c1-24-16-8-7-12(9-17(16)25-2)10-21-18(20)22-11-15(23)13-5-3-4-6-14(13)19;/h3-9,15,23H,10-11H2,1-2H3,(H3,20,21,22);1H. The molecule has 0 aliphatic carbocycles. The van der Waals surface area contributed by atoms with Crippen LogP contribution in [0.3, 0.4) is 0 Å². The van der Waals surface area contributed by atoms with Crippen LogP contribution in [-0.2, 0) is 6.54 Å². The third-order valence-corrected chi connectivity index (χ3v) is 3.62. The van der Waals surface area contributed by atoms with E-state index in [1.54, 1.807) is 32.4 Å². The average molecular weight is 475 g/mol. The van der Waals surface area contributed by atoms with Crippen molar-refractivity contribution in [3.05, 3.63) is 59.4 Å². The van der Waals surface area contributed by atoms with Gasteiger partial charge >= 0.3 is 0 Å². The van der Waals surface area contributed by atoms with E-state index >= 15 is 0 Å². The molecule has 142 valence electrons. The maximum atomic E-state index is 13.6. The molecule has 1 atom stereocenters. The Kier molecular flexibility index (Phi) is 9.14. The number of ether oxygens (including phenoxy) is 2. The van der Waals surface area contributed by atoms with Crippen LogP contribution < -0.4 is 20.5 Å². The number of guanidine groups is 1. The molecule has 0 fully saturated rings. The number of hydrogen-bond acceptors (Lipinski definition) is 4. The average Bonchev–Trinajstić information content (AvgIpc) is 2.64. The number of nitrogens with one attached hydrogen (secondary N) is 1. The predicted molar refractivity (Wildman–Crippen MR) is 110 cm³/mol. The third kappa shape index (κ3) is 6.03. The number of halogens is 2. The van der Waals surface area contributed by atoms with E-state index in [9.17, 15) is 9.50 Å². The van der Waals surface area contributed by atoms with E-state index in [1.165, 1.54) is 12.1 Å². The van der Waals surface area contributed by atoms with Crippen molar-refractivity contribution in [1.29, 1.82) is 0 Å². The molecule has 8 heteroatoms. The van der Waals surface area contributed by atoms with Gasteiger partial charge < -0.3 is 25.6 Å². The largest absolute Gasteiger partial charge is 0.493 e. The molecule has 2 aromatic rings. The van der Waals surface area contributed by atoms with Crippen molar-refractivity contribution in [2.24, 2.45) is 10.7 Å². The molecule has 0 radical (unpaired) electrons. The summed E-state index contributed by atoms with van der Waals surface area (Å²) in [5, 5.41) is 12.8. The smallest absolute Gasteiger partial charge is 0.189 e. The van der Waals surface area contributed by atoms with Gasteiger partial charge in [0.05, 0.1) is 26.9 Å². The second kappa shape index (κ2) is 10.8.